The van der Waals surface area contributed by atoms with Crippen LogP contribution in [0.5, 0.6) is 0 Å². The van der Waals surface area contributed by atoms with Gasteiger partial charge in [0.2, 0.25) is 0 Å². The zero-order valence-electron chi connectivity index (χ0n) is 11.3. The largest absolute Gasteiger partial charge is 0.385 e. The summed E-state index contributed by atoms with van der Waals surface area (Å²) in [6.45, 7) is 6.91. The maximum atomic E-state index is 5.05. The van der Waals surface area contributed by atoms with Crippen LogP contribution in [-0.4, -0.2) is 26.3 Å². The van der Waals surface area contributed by atoms with Crippen molar-refractivity contribution in [1.29, 1.82) is 0 Å². The van der Waals surface area contributed by atoms with Crippen molar-refractivity contribution in [2.45, 2.75) is 58.4 Å². The fourth-order valence-corrected chi connectivity index (χ4v) is 2.71. The summed E-state index contributed by atoms with van der Waals surface area (Å²) in [5.41, 5.74) is 0. The van der Waals surface area contributed by atoms with Crippen LogP contribution in [0.2, 0.25) is 0 Å². The van der Waals surface area contributed by atoms with Crippen LogP contribution in [0.3, 0.4) is 0 Å². The molecule has 0 heterocycles. The predicted molar refractivity (Wildman–Crippen MR) is 69.7 cm³/mol. The Kier molecular flexibility index (Phi) is 7.06. The van der Waals surface area contributed by atoms with Gasteiger partial charge in [-0.25, -0.2) is 0 Å². The number of methoxy groups -OCH3 is 1. The summed E-state index contributed by atoms with van der Waals surface area (Å²) >= 11 is 0. The normalized spacial score (nSPS) is 30.6. The van der Waals surface area contributed by atoms with Gasteiger partial charge in [0.15, 0.2) is 0 Å². The standard InChI is InChI=1S/C14H29NO/c1-12-8-7-9-14(13(12)2)15-10-5-4-6-11-16-3/h12-15H,4-11H2,1-3H3. The zero-order chi connectivity index (χ0) is 11.8. The SMILES string of the molecule is COCCCCCNC1CCCC(C)C1C. The first-order valence-corrected chi connectivity index (χ1v) is 6.98. The molecule has 0 bridgehead atoms. The van der Waals surface area contributed by atoms with Crippen molar-refractivity contribution in [3.05, 3.63) is 0 Å². The van der Waals surface area contributed by atoms with Crippen LogP contribution < -0.4 is 5.32 Å². The van der Waals surface area contributed by atoms with Gasteiger partial charge >= 0.3 is 0 Å². The molecule has 1 fully saturated rings. The van der Waals surface area contributed by atoms with Crippen LogP contribution in [0.25, 0.3) is 0 Å². The zero-order valence-corrected chi connectivity index (χ0v) is 11.3. The van der Waals surface area contributed by atoms with E-state index in [0.29, 0.717) is 0 Å². The Morgan fingerprint density at radius 3 is 2.69 bits per heavy atom. The minimum Gasteiger partial charge on any atom is -0.385 e. The van der Waals surface area contributed by atoms with Gasteiger partial charge in [0.05, 0.1) is 0 Å². The van der Waals surface area contributed by atoms with E-state index in [-0.39, 0.29) is 0 Å². The second-order valence-electron chi connectivity index (χ2n) is 5.38. The molecule has 1 aliphatic carbocycles. The molecular weight excluding hydrogens is 198 g/mol. The number of rotatable bonds is 7. The van der Waals surface area contributed by atoms with E-state index < -0.39 is 0 Å². The summed E-state index contributed by atoms with van der Waals surface area (Å²) in [6, 6.07) is 0.770. The predicted octanol–water partition coefficient (Wildman–Crippen LogP) is 3.22. The highest BCUT2D eigenvalue weighted by molar-refractivity contribution is 4.81. The molecule has 1 saturated carbocycles. The van der Waals surface area contributed by atoms with Crippen molar-refractivity contribution in [3.8, 4) is 0 Å². The molecule has 0 aliphatic heterocycles. The molecule has 0 saturated heterocycles. The Bertz CT molecular complexity index is 172. The van der Waals surface area contributed by atoms with Crippen LogP contribution in [0, 0.1) is 11.8 Å². The van der Waals surface area contributed by atoms with Crippen molar-refractivity contribution >= 4 is 0 Å². The van der Waals surface area contributed by atoms with Crippen LogP contribution in [-0.2, 0) is 4.74 Å². The molecule has 0 radical (unpaired) electrons. The summed E-state index contributed by atoms with van der Waals surface area (Å²) in [4.78, 5) is 0. The summed E-state index contributed by atoms with van der Waals surface area (Å²) in [6.07, 6.45) is 8.00. The number of hydrogen-bond acceptors (Lipinski definition) is 2. The van der Waals surface area contributed by atoms with Gasteiger partial charge in [-0.05, 0) is 44.1 Å². The molecule has 16 heavy (non-hydrogen) atoms. The van der Waals surface area contributed by atoms with E-state index in [2.05, 4.69) is 19.2 Å². The topological polar surface area (TPSA) is 21.3 Å². The lowest BCUT2D eigenvalue weighted by molar-refractivity contribution is 0.189. The molecular formula is C14H29NO. The van der Waals surface area contributed by atoms with E-state index in [1.165, 1.54) is 45.1 Å². The van der Waals surface area contributed by atoms with Crippen LogP contribution >= 0.6 is 0 Å². The average Bonchev–Trinajstić information content (AvgIpc) is 2.29. The van der Waals surface area contributed by atoms with E-state index in [0.717, 1.165) is 24.5 Å². The molecule has 0 aromatic rings. The fraction of sp³-hybridized carbons (Fsp3) is 1.00. The Morgan fingerprint density at radius 2 is 1.94 bits per heavy atom. The van der Waals surface area contributed by atoms with Crippen molar-refractivity contribution in [2.24, 2.45) is 11.8 Å². The van der Waals surface area contributed by atoms with E-state index in [1.54, 1.807) is 7.11 Å². The van der Waals surface area contributed by atoms with Gasteiger partial charge in [-0.15, -0.1) is 0 Å². The highest BCUT2D eigenvalue weighted by Gasteiger charge is 2.25. The molecule has 1 aliphatic rings. The van der Waals surface area contributed by atoms with Gasteiger partial charge in [-0.1, -0.05) is 26.7 Å². The Hall–Kier alpha value is -0.0800. The van der Waals surface area contributed by atoms with E-state index in [1.807, 2.05) is 0 Å². The highest BCUT2D eigenvalue weighted by Crippen LogP contribution is 2.29. The molecule has 0 aromatic heterocycles. The van der Waals surface area contributed by atoms with Crippen LogP contribution in [0.4, 0.5) is 0 Å². The lowest BCUT2D eigenvalue weighted by Gasteiger charge is -2.34. The second kappa shape index (κ2) is 8.08. The maximum absolute atomic E-state index is 5.05. The van der Waals surface area contributed by atoms with Gasteiger partial charge in [0, 0.05) is 19.8 Å². The summed E-state index contributed by atoms with van der Waals surface area (Å²) in [5.74, 6) is 1.76. The maximum Gasteiger partial charge on any atom is 0.0462 e. The minimum absolute atomic E-state index is 0.770. The van der Waals surface area contributed by atoms with Crippen molar-refractivity contribution in [3.63, 3.8) is 0 Å². The monoisotopic (exact) mass is 227 g/mol. The molecule has 0 amide bonds. The Morgan fingerprint density at radius 1 is 1.12 bits per heavy atom. The molecule has 3 unspecified atom stereocenters. The highest BCUT2D eigenvalue weighted by atomic mass is 16.5. The van der Waals surface area contributed by atoms with Gasteiger partial charge in [-0.2, -0.15) is 0 Å². The third-order valence-corrected chi connectivity index (χ3v) is 4.14. The third-order valence-electron chi connectivity index (χ3n) is 4.14. The number of nitrogens with one attached hydrogen (secondary N) is 1. The molecule has 2 nitrogen and oxygen atoms in total. The average molecular weight is 227 g/mol. The van der Waals surface area contributed by atoms with Crippen LogP contribution in [0.15, 0.2) is 0 Å². The molecule has 0 spiro atoms. The molecule has 1 rings (SSSR count). The molecule has 96 valence electrons. The van der Waals surface area contributed by atoms with Gasteiger partial charge in [0.25, 0.3) is 0 Å². The number of hydrogen-bond donors (Lipinski definition) is 1. The smallest absolute Gasteiger partial charge is 0.0462 e. The quantitative estimate of drug-likeness (QED) is 0.674. The van der Waals surface area contributed by atoms with E-state index in [4.69, 9.17) is 4.74 Å². The first-order valence-electron chi connectivity index (χ1n) is 6.98. The van der Waals surface area contributed by atoms with E-state index >= 15 is 0 Å². The molecule has 1 N–H and O–H groups in total. The van der Waals surface area contributed by atoms with Gasteiger partial charge in [-0.3, -0.25) is 0 Å². The number of unbranched alkanes of at least 4 members (excludes halogenated alkanes) is 2. The van der Waals surface area contributed by atoms with Gasteiger partial charge in [0.1, 0.15) is 0 Å². The van der Waals surface area contributed by atoms with Crippen molar-refractivity contribution < 1.29 is 4.74 Å². The summed E-state index contributed by atoms with van der Waals surface area (Å²) in [5, 5.41) is 3.74. The minimum atomic E-state index is 0.770. The molecule has 3 atom stereocenters. The third kappa shape index (κ3) is 4.84. The summed E-state index contributed by atoms with van der Waals surface area (Å²) < 4.78 is 5.05. The second-order valence-corrected chi connectivity index (χ2v) is 5.38. The molecule has 2 heteroatoms. The van der Waals surface area contributed by atoms with E-state index in [9.17, 15) is 0 Å². The van der Waals surface area contributed by atoms with Crippen LogP contribution in [0.1, 0.15) is 52.4 Å². The fourth-order valence-electron chi connectivity index (χ4n) is 2.71. The first-order chi connectivity index (χ1) is 7.75. The Labute approximate surface area is 101 Å². The van der Waals surface area contributed by atoms with Crippen molar-refractivity contribution in [1.82, 2.24) is 5.32 Å². The Balaban J connectivity index is 2.03. The van der Waals surface area contributed by atoms with Crippen molar-refractivity contribution in [2.75, 3.05) is 20.3 Å². The molecule has 0 aromatic carbocycles. The number of ether oxygens (including phenoxy) is 1. The lowest BCUT2D eigenvalue weighted by Crippen LogP contribution is -2.40. The lowest BCUT2D eigenvalue weighted by atomic mass is 9.78. The summed E-state index contributed by atoms with van der Waals surface area (Å²) in [7, 11) is 1.78. The van der Waals surface area contributed by atoms with Gasteiger partial charge < -0.3 is 10.1 Å². The first kappa shape index (κ1) is 14.0.